The van der Waals surface area contributed by atoms with Gasteiger partial charge in [-0.05, 0) is 48.7 Å². The van der Waals surface area contributed by atoms with Gasteiger partial charge in [0.1, 0.15) is 18.2 Å². The van der Waals surface area contributed by atoms with Crippen molar-refractivity contribution in [3.63, 3.8) is 0 Å². The smallest absolute Gasteiger partial charge is 0.129 e. The number of benzene rings is 2. The maximum absolute atomic E-state index is 13.6. The Hall–Kier alpha value is -1.58. The predicted octanol–water partition coefficient (Wildman–Crippen LogP) is 4.34. The average molecular weight is 308 g/mol. The lowest BCUT2D eigenvalue weighted by molar-refractivity contribution is 0.300. The van der Waals surface area contributed by atoms with Crippen molar-refractivity contribution in [1.82, 2.24) is 0 Å². The van der Waals surface area contributed by atoms with Crippen LogP contribution in [0.2, 0.25) is 5.02 Å². The lowest BCUT2D eigenvalue weighted by atomic mass is 10.0. The van der Waals surface area contributed by atoms with Crippen molar-refractivity contribution in [1.29, 1.82) is 0 Å². The van der Waals surface area contributed by atoms with Gasteiger partial charge in [0.05, 0.1) is 0 Å². The van der Waals surface area contributed by atoms with Crippen molar-refractivity contribution in [3.8, 4) is 5.75 Å². The van der Waals surface area contributed by atoms with Crippen molar-refractivity contribution in [2.24, 2.45) is 5.73 Å². The topological polar surface area (TPSA) is 35.2 Å². The highest BCUT2D eigenvalue weighted by atomic mass is 35.5. The SMILES string of the molecule is CCC(N)Cc1ccc(OCc2cc(Cl)ccc2F)cc1. The summed E-state index contributed by atoms with van der Waals surface area (Å²) >= 11 is 5.85. The normalized spacial score (nSPS) is 12.2. The molecule has 2 aromatic rings. The number of halogens is 2. The molecule has 4 heteroatoms. The molecule has 0 spiro atoms. The number of hydrogen-bond donors (Lipinski definition) is 1. The van der Waals surface area contributed by atoms with Crippen LogP contribution in [0.15, 0.2) is 42.5 Å². The van der Waals surface area contributed by atoms with Gasteiger partial charge >= 0.3 is 0 Å². The molecule has 0 heterocycles. The summed E-state index contributed by atoms with van der Waals surface area (Å²) < 4.78 is 19.2. The summed E-state index contributed by atoms with van der Waals surface area (Å²) in [7, 11) is 0. The second kappa shape index (κ2) is 7.43. The molecule has 0 aromatic heterocycles. The van der Waals surface area contributed by atoms with Crippen molar-refractivity contribution >= 4 is 11.6 Å². The molecule has 0 amide bonds. The van der Waals surface area contributed by atoms with Crippen LogP contribution in [-0.2, 0) is 13.0 Å². The first kappa shape index (κ1) is 15.8. The fraction of sp³-hybridized carbons (Fsp3) is 0.294. The molecule has 2 nitrogen and oxygen atoms in total. The van der Waals surface area contributed by atoms with Gasteiger partial charge in [0.25, 0.3) is 0 Å². The van der Waals surface area contributed by atoms with E-state index in [1.807, 2.05) is 24.3 Å². The Morgan fingerprint density at radius 2 is 1.90 bits per heavy atom. The molecule has 1 unspecified atom stereocenters. The summed E-state index contributed by atoms with van der Waals surface area (Å²) in [6, 6.07) is 12.3. The highest BCUT2D eigenvalue weighted by Crippen LogP contribution is 2.19. The largest absolute Gasteiger partial charge is 0.489 e. The van der Waals surface area contributed by atoms with E-state index in [0.717, 1.165) is 12.8 Å². The first-order valence-corrected chi connectivity index (χ1v) is 7.37. The van der Waals surface area contributed by atoms with Gasteiger partial charge in [0, 0.05) is 16.6 Å². The van der Waals surface area contributed by atoms with Gasteiger partial charge < -0.3 is 10.5 Å². The number of nitrogens with two attached hydrogens (primary N) is 1. The van der Waals surface area contributed by atoms with Crippen molar-refractivity contribution in [2.45, 2.75) is 32.4 Å². The lowest BCUT2D eigenvalue weighted by Gasteiger charge is -2.10. The van der Waals surface area contributed by atoms with Gasteiger partial charge in [-0.15, -0.1) is 0 Å². The molecule has 0 fully saturated rings. The van der Waals surface area contributed by atoms with E-state index in [4.69, 9.17) is 22.1 Å². The Morgan fingerprint density at radius 1 is 1.19 bits per heavy atom. The van der Waals surface area contributed by atoms with E-state index < -0.39 is 0 Å². The molecule has 0 saturated carbocycles. The van der Waals surface area contributed by atoms with E-state index in [9.17, 15) is 4.39 Å². The fourth-order valence-electron chi connectivity index (χ4n) is 1.98. The fourth-order valence-corrected chi connectivity index (χ4v) is 2.18. The van der Waals surface area contributed by atoms with Gasteiger partial charge in [0.2, 0.25) is 0 Å². The Morgan fingerprint density at radius 3 is 2.57 bits per heavy atom. The van der Waals surface area contributed by atoms with Crippen LogP contribution in [0.25, 0.3) is 0 Å². The molecular formula is C17H19ClFNO. The summed E-state index contributed by atoms with van der Waals surface area (Å²) in [5.41, 5.74) is 7.54. The zero-order chi connectivity index (χ0) is 15.2. The Kier molecular flexibility index (Phi) is 5.59. The highest BCUT2D eigenvalue weighted by Gasteiger charge is 2.05. The monoisotopic (exact) mass is 307 g/mol. The van der Waals surface area contributed by atoms with Crippen molar-refractivity contribution in [2.75, 3.05) is 0 Å². The molecule has 2 N–H and O–H groups in total. The number of ether oxygens (including phenoxy) is 1. The summed E-state index contributed by atoms with van der Waals surface area (Å²) in [6.07, 6.45) is 1.80. The zero-order valence-corrected chi connectivity index (χ0v) is 12.7. The lowest BCUT2D eigenvalue weighted by Crippen LogP contribution is -2.21. The minimum Gasteiger partial charge on any atom is -0.489 e. The van der Waals surface area contributed by atoms with Gasteiger partial charge in [-0.3, -0.25) is 0 Å². The van der Waals surface area contributed by atoms with Gasteiger partial charge in [-0.2, -0.15) is 0 Å². The number of rotatable bonds is 6. The first-order chi connectivity index (χ1) is 10.1. The third-order valence-corrected chi connectivity index (χ3v) is 3.58. The maximum atomic E-state index is 13.6. The number of hydrogen-bond acceptors (Lipinski definition) is 2. The molecule has 0 aliphatic heterocycles. The maximum Gasteiger partial charge on any atom is 0.129 e. The molecule has 0 saturated heterocycles. The van der Waals surface area contributed by atoms with E-state index in [-0.39, 0.29) is 18.5 Å². The van der Waals surface area contributed by atoms with Crippen LogP contribution in [0.5, 0.6) is 5.75 Å². The molecule has 0 radical (unpaired) electrons. The van der Waals surface area contributed by atoms with Crippen LogP contribution in [0.1, 0.15) is 24.5 Å². The summed E-state index contributed by atoms with van der Waals surface area (Å²) in [4.78, 5) is 0. The second-order valence-electron chi connectivity index (χ2n) is 5.04. The van der Waals surface area contributed by atoms with E-state index in [2.05, 4.69) is 6.92 Å². The standard InChI is InChI=1S/C17H19ClFNO/c1-2-15(20)9-12-3-6-16(7-4-12)21-11-13-10-14(18)5-8-17(13)19/h3-8,10,15H,2,9,11,20H2,1H3. The Bertz CT molecular complexity index is 586. The van der Waals surface area contributed by atoms with Gasteiger partial charge in [-0.25, -0.2) is 4.39 Å². The quantitative estimate of drug-likeness (QED) is 0.861. The molecule has 2 aromatic carbocycles. The Labute approximate surface area is 129 Å². The molecule has 21 heavy (non-hydrogen) atoms. The van der Waals surface area contributed by atoms with Gasteiger partial charge in [0.15, 0.2) is 0 Å². The van der Waals surface area contributed by atoms with Crippen LogP contribution in [-0.4, -0.2) is 6.04 Å². The molecule has 112 valence electrons. The summed E-state index contributed by atoms with van der Waals surface area (Å²) in [5, 5.41) is 0.499. The predicted molar refractivity (Wildman–Crippen MR) is 84.2 cm³/mol. The molecular weight excluding hydrogens is 289 g/mol. The summed E-state index contributed by atoms with van der Waals surface area (Å²) in [5.74, 6) is 0.383. The summed E-state index contributed by atoms with van der Waals surface area (Å²) in [6.45, 7) is 2.22. The second-order valence-corrected chi connectivity index (χ2v) is 5.48. The minimum atomic E-state index is -0.315. The van der Waals surface area contributed by atoms with Crippen LogP contribution >= 0.6 is 11.6 Å². The van der Waals surface area contributed by atoms with E-state index in [1.54, 1.807) is 6.07 Å². The molecule has 0 aliphatic rings. The Balaban J connectivity index is 1.96. The molecule has 2 rings (SSSR count). The minimum absolute atomic E-state index is 0.153. The van der Waals surface area contributed by atoms with Crippen LogP contribution in [0.4, 0.5) is 4.39 Å². The average Bonchev–Trinajstić information content (AvgIpc) is 2.49. The van der Waals surface area contributed by atoms with Gasteiger partial charge in [-0.1, -0.05) is 30.7 Å². The first-order valence-electron chi connectivity index (χ1n) is 6.99. The third kappa shape index (κ3) is 4.73. The molecule has 0 bridgehead atoms. The van der Waals surface area contributed by atoms with Crippen LogP contribution < -0.4 is 10.5 Å². The van der Waals surface area contributed by atoms with Crippen LogP contribution in [0, 0.1) is 5.82 Å². The third-order valence-electron chi connectivity index (χ3n) is 3.35. The van der Waals surface area contributed by atoms with E-state index >= 15 is 0 Å². The zero-order valence-electron chi connectivity index (χ0n) is 12.0. The molecule has 1 atom stereocenters. The van der Waals surface area contributed by atoms with E-state index in [1.165, 1.54) is 17.7 Å². The van der Waals surface area contributed by atoms with Crippen molar-refractivity contribution in [3.05, 3.63) is 64.4 Å². The van der Waals surface area contributed by atoms with Crippen LogP contribution in [0.3, 0.4) is 0 Å². The van der Waals surface area contributed by atoms with Crippen molar-refractivity contribution < 1.29 is 9.13 Å². The highest BCUT2D eigenvalue weighted by molar-refractivity contribution is 6.30. The molecule has 0 aliphatic carbocycles. The van der Waals surface area contributed by atoms with E-state index in [0.29, 0.717) is 16.3 Å².